The minimum absolute atomic E-state index is 0.151. The first kappa shape index (κ1) is 20.0. The van der Waals surface area contributed by atoms with Gasteiger partial charge in [0.05, 0.1) is 28.0 Å². The van der Waals surface area contributed by atoms with Crippen LogP contribution in [0.1, 0.15) is 29.5 Å². The van der Waals surface area contributed by atoms with Crippen molar-refractivity contribution in [1.82, 2.24) is 4.90 Å². The first-order valence-corrected chi connectivity index (χ1v) is 11.1. The fraction of sp³-hybridized carbons (Fsp3) is 0.375. The largest absolute Gasteiger partial charge is 0.324 e. The number of nitro groups is 1. The van der Waals surface area contributed by atoms with Crippen LogP contribution in [0.5, 0.6) is 0 Å². The Bertz CT molecular complexity index is 1290. The van der Waals surface area contributed by atoms with Gasteiger partial charge in [0, 0.05) is 23.4 Å². The molecule has 6 rings (SSSR count). The lowest BCUT2D eigenvalue weighted by atomic mass is 9.75. The zero-order valence-corrected chi connectivity index (χ0v) is 18.2. The Morgan fingerprint density at radius 1 is 1.09 bits per heavy atom. The summed E-state index contributed by atoms with van der Waals surface area (Å²) in [5, 5.41) is 14.5. The number of carbonyl (C=O) groups is 3. The molecular weight excluding hydrogens is 424 g/mol. The van der Waals surface area contributed by atoms with Crippen molar-refractivity contribution < 1.29 is 19.3 Å². The Morgan fingerprint density at radius 2 is 1.85 bits per heavy atom. The number of para-hydroxylation sites is 1. The molecular formula is C24H22N4O5. The number of nitrogens with one attached hydrogen (secondary N) is 1. The van der Waals surface area contributed by atoms with E-state index in [4.69, 9.17) is 0 Å². The van der Waals surface area contributed by atoms with Crippen LogP contribution >= 0.6 is 0 Å². The molecule has 4 aliphatic rings. The zero-order valence-electron chi connectivity index (χ0n) is 18.2. The highest BCUT2D eigenvalue weighted by molar-refractivity contribution is 6.26. The molecule has 1 N–H and O–H groups in total. The van der Waals surface area contributed by atoms with Crippen LogP contribution in [0.4, 0.5) is 17.1 Å². The maximum Gasteiger partial charge on any atom is 0.274 e. The first-order valence-electron chi connectivity index (χ1n) is 11.1. The highest BCUT2D eigenvalue weighted by Crippen LogP contribution is 2.61. The van der Waals surface area contributed by atoms with E-state index in [1.54, 1.807) is 13.0 Å². The third-order valence-corrected chi connectivity index (χ3v) is 7.95. The number of hydrogen-bond donors (Lipinski definition) is 1. The fourth-order valence-electron chi connectivity index (χ4n) is 6.67. The number of nitrogens with zero attached hydrogens (tertiary/aromatic N) is 3. The van der Waals surface area contributed by atoms with Gasteiger partial charge in [0.1, 0.15) is 5.54 Å². The van der Waals surface area contributed by atoms with Gasteiger partial charge in [0.25, 0.3) is 5.69 Å². The number of amides is 3. The molecule has 3 fully saturated rings. The number of rotatable bonds is 2. The molecule has 0 aliphatic carbocycles. The molecule has 1 spiro atoms. The Balaban J connectivity index is 1.56. The summed E-state index contributed by atoms with van der Waals surface area (Å²) in [7, 11) is 0. The van der Waals surface area contributed by atoms with Crippen molar-refractivity contribution in [3.63, 3.8) is 0 Å². The molecule has 9 nitrogen and oxygen atoms in total. The molecule has 2 aromatic carbocycles. The molecule has 3 saturated heterocycles. The second kappa shape index (κ2) is 6.48. The van der Waals surface area contributed by atoms with Crippen molar-refractivity contribution in [2.45, 2.75) is 38.3 Å². The van der Waals surface area contributed by atoms with Crippen LogP contribution in [-0.4, -0.2) is 40.1 Å². The Kier molecular flexibility index (Phi) is 3.93. The summed E-state index contributed by atoms with van der Waals surface area (Å²) >= 11 is 0. The Hall–Kier alpha value is -3.59. The van der Waals surface area contributed by atoms with E-state index in [2.05, 4.69) is 10.2 Å². The number of nitro benzene ring substituents is 1. The normalized spacial score (nSPS) is 30.1. The number of carbonyl (C=O) groups excluding carboxylic acids is 3. The van der Waals surface area contributed by atoms with Gasteiger partial charge in [-0.05, 0) is 44.9 Å². The lowest BCUT2D eigenvalue weighted by Crippen LogP contribution is -2.54. The SMILES string of the molecule is Cc1cccc2c1NC(=O)[C@@]21[C@@H]2C(=O)N(c3cccc([N+](=O)[O-])c3C)C(=O)[C@@H]2[C@@H]2CCCN21. The highest BCUT2D eigenvalue weighted by atomic mass is 16.6. The van der Waals surface area contributed by atoms with Crippen molar-refractivity contribution in [3.05, 3.63) is 63.2 Å². The summed E-state index contributed by atoms with van der Waals surface area (Å²) < 4.78 is 0. The maximum atomic E-state index is 14.0. The summed E-state index contributed by atoms with van der Waals surface area (Å²) in [5.74, 6) is -2.67. The summed E-state index contributed by atoms with van der Waals surface area (Å²) in [6.45, 7) is 4.09. The molecule has 4 heterocycles. The molecule has 0 saturated carbocycles. The smallest absolute Gasteiger partial charge is 0.274 e. The van der Waals surface area contributed by atoms with Crippen LogP contribution in [0.3, 0.4) is 0 Å². The van der Waals surface area contributed by atoms with Crippen LogP contribution in [0.15, 0.2) is 36.4 Å². The number of fused-ring (bicyclic) bond motifs is 7. The topological polar surface area (TPSA) is 113 Å². The van der Waals surface area contributed by atoms with Gasteiger partial charge in [-0.1, -0.05) is 24.3 Å². The quantitative estimate of drug-likeness (QED) is 0.431. The minimum Gasteiger partial charge on any atom is -0.324 e. The van der Waals surface area contributed by atoms with Crippen molar-refractivity contribution in [3.8, 4) is 0 Å². The van der Waals surface area contributed by atoms with Crippen molar-refractivity contribution in [2.75, 3.05) is 16.8 Å². The molecule has 4 atom stereocenters. The van der Waals surface area contributed by atoms with Crippen molar-refractivity contribution in [1.29, 1.82) is 0 Å². The minimum atomic E-state index is -1.25. The molecule has 0 bridgehead atoms. The number of imide groups is 1. The van der Waals surface area contributed by atoms with Gasteiger partial charge in [0.2, 0.25) is 17.7 Å². The lowest BCUT2D eigenvalue weighted by molar-refractivity contribution is -0.385. The van der Waals surface area contributed by atoms with Crippen molar-refractivity contribution in [2.24, 2.45) is 11.8 Å². The van der Waals surface area contributed by atoms with E-state index in [9.17, 15) is 24.5 Å². The van der Waals surface area contributed by atoms with Gasteiger partial charge in [-0.3, -0.25) is 29.4 Å². The lowest BCUT2D eigenvalue weighted by Gasteiger charge is -2.36. The summed E-state index contributed by atoms with van der Waals surface area (Å²) in [6.07, 6.45) is 1.56. The molecule has 4 aliphatic heterocycles. The summed E-state index contributed by atoms with van der Waals surface area (Å²) in [4.78, 5) is 55.6. The monoisotopic (exact) mass is 446 g/mol. The molecule has 0 unspecified atom stereocenters. The molecule has 33 heavy (non-hydrogen) atoms. The second-order valence-corrected chi connectivity index (χ2v) is 9.31. The molecule has 0 radical (unpaired) electrons. The zero-order chi connectivity index (χ0) is 23.2. The first-order chi connectivity index (χ1) is 15.8. The molecule has 0 aromatic heterocycles. The van der Waals surface area contributed by atoms with E-state index in [0.717, 1.165) is 28.9 Å². The number of benzene rings is 2. The van der Waals surface area contributed by atoms with Crippen LogP contribution in [0.25, 0.3) is 0 Å². The number of anilines is 2. The van der Waals surface area contributed by atoms with Crippen LogP contribution in [-0.2, 0) is 19.9 Å². The number of aryl methyl sites for hydroxylation is 1. The van der Waals surface area contributed by atoms with Gasteiger partial charge in [-0.2, -0.15) is 0 Å². The number of hydrogen-bond acceptors (Lipinski definition) is 6. The third-order valence-electron chi connectivity index (χ3n) is 7.95. The van der Waals surface area contributed by atoms with E-state index in [1.807, 2.05) is 25.1 Å². The van der Waals surface area contributed by atoms with Gasteiger partial charge in [-0.25, -0.2) is 4.90 Å². The summed E-state index contributed by atoms with van der Waals surface area (Å²) in [6, 6.07) is 9.82. The highest BCUT2D eigenvalue weighted by Gasteiger charge is 2.74. The van der Waals surface area contributed by atoms with Crippen LogP contribution < -0.4 is 10.2 Å². The van der Waals surface area contributed by atoms with Gasteiger partial charge < -0.3 is 5.32 Å². The van der Waals surface area contributed by atoms with Crippen molar-refractivity contribution >= 4 is 34.8 Å². The van der Waals surface area contributed by atoms with E-state index in [0.29, 0.717) is 12.2 Å². The predicted octanol–water partition coefficient (Wildman–Crippen LogP) is 2.64. The van der Waals surface area contributed by atoms with Gasteiger partial charge in [0.15, 0.2) is 0 Å². The molecule has 3 amide bonds. The van der Waals surface area contributed by atoms with Gasteiger partial charge >= 0.3 is 0 Å². The fourth-order valence-corrected chi connectivity index (χ4v) is 6.67. The van der Waals surface area contributed by atoms with E-state index >= 15 is 0 Å². The maximum absolute atomic E-state index is 14.0. The third kappa shape index (κ3) is 2.22. The van der Waals surface area contributed by atoms with Gasteiger partial charge in [-0.15, -0.1) is 0 Å². The van der Waals surface area contributed by atoms with Crippen LogP contribution in [0.2, 0.25) is 0 Å². The van der Waals surface area contributed by atoms with E-state index < -0.39 is 28.2 Å². The summed E-state index contributed by atoms with van der Waals surface area (Å²) in [5.41, 5.74) is 1.43. The average molecular weight is 446 g/mol. The standard InChI is InChI=1S/C24H22N4O5/c1-12-6-3-7-14-20(12)25-23(31)24(14)19-18(17-10-5-11-26(17)24)21(29)27(22(19)30)15-8-4-9-16(13(15)2)28(32)33/h3-4,6-9,17-19H,5,10-11H2,1-2H3,(H,25,31)/t17-,18+,19-,24-/m0/s1. The Labute approximate surface area is 189 Å². The molecule has 2 aromatic rings. The Morgan fingerprint density at radius 3 is 2.61 bits per heavy atom. The van der Waals surface area contributed by atoms with Crippen LogP contribution in [0, 0.1) is 35.8 Å². The van der Waals surface area contributed by atoms with E-state index in [-0.39, 0.29) is 34.8 Å². The second-order valence-electron chi connectivity index (χ2n) is 9.31. The predicted molar refractivity (Wildman–Crippen MR) is 119 cm³/mol. The molecule has 168 valence electrons. The molecule has 9 heteroatoms. The van der Waals surface area contributed by atoms with E-state index in [1.165, 1.54) is 12.1 Å². The average Bonchev–Trinajstić information content (AvgIpc) is 3.48.